The summed E-state index contributed by atoms with van der Waals surface area (Å²) < 4.78 is 12.4. The highest BCUT2D eigenvalue weighted by Gasteiger charge is 2.48. The van der Waals surface area contributed by atoms with Crippen LogP contribution in [0.25, 0.3) is 0 Å². The van der Waals surface area contributed by atoms with Crippen LogP contribution in [0.1, 0.15) is 71.3 Å². The van der Waals surface area contributed by atoms with Crippen LogP contribution in [-0.4, -0.2) is 45.7 Å². The highest BCUT2D eigenvalue weighted by atomic mass is 35.5. The summed E-state index contributed by atoms with van der Waals surface area (Å²) in [5, 5.41) is 4.99. The molecular formula is C26H43ClN2O2Si. The number of benzene rings is 1. The van der Waals surface area contributed by atoms with Crippen molar-refractivity contribution in [2.45, 2.75) is 108 Å². The van der Waals surface area contributed by atoms with E-state index in [2.05, 4.69) is 63.1 Å². The third-order valence-electron chi connectivity index (χ3n) is 8.55. The zero-order chi connectivity index (χ0) is 23.1. The Kier molecular flexibility index (Phi) is 6.95. The molecule has 4 rings (SSSR count). The first-order valence-corrected chi connectivity index (χ1v) is 15.9. The van der Waals surface area contributed by atoms with Crippen LogP contribution in [0.2, 0.25) is 23.2 Å². The highest BCUT2D eigenvalue weighted by molar-refractivity contribution is 6.74. The quantitative estimate of drug-likeness (QED) is 0.364. The number of ether oxygens (including phenoxy) is 1. The fourth-order valence-electron chi connectivity index (χ4n) is 5.44. The van der Waals surface area contributed by atoms with E-state index in [9.17, 15) is 0 Å². The predicted octanol–water partition coefficient (Wildman–Crippen LogP) is 6.69. The zero-order valence-electron chi connectivity index (χ0n) is 21.0. The third kappa shape index (κ3) is 4.87. The van der Waals surface area contributed by atoms with E-state index in [4.69, 9.17) is 20.8 Å². The van der Waals surface area contributed by atoms with Crippen LogP contribution < -0.4 is 15.0 Å². The second kappa shape index (κ2) is 9.13. The highest BCUT2D eigenvalue weighted by Crippen LogP contribution is 2.43. The molecule has 0 radical (unpaired) electrons. The molecule has 32 heavy (non-hydrogen) atoms. The second-order valence-corrected chi connectivity index (χ2v) is 17.1. The van der Waals surface area contributed by atoms with Crippen molar-refractivity contribution >= 4 is 25.6 Å². The van der Waals surface area contributed by atoms with E-state index in [1.54, 1.807) is 0 Å². The van der Waals surface area contributed by atoms with Crippen molar-refractivity contribution in [1.82, 2.24) is 5.32 Å². The van der Waals surface area contributed by atoms with Crippen molar-refractivity contribution < 1.29 is 9.16 Å². The van der Waals surface area contributed by atoms with E-state index >= 15 is 0 Å². The lowest BCUT2D eigenvalue weighted by Crippen LogP contribution is -2.72. The van der Waals surface area contributed by atoms with Gasteiger partial charge in [0.1, 0.15) is 12.4 Å². The molecule has 2 atom stereocenters. The van der Waals surface area contributed by atoms with Gasteiger partial charge in [-0.2, -0.15) is 0 Å². The van der Waals surface area contributed by atoms with Gasteiger partial charge >= 0.3 is 0 Å². The Morgan fingerprint density at radius 3 is 2.47 bits per heavy atom. The Labute approximate surface area is 201 Å². The minimum absolute atomic E-state index is 0.209. The van der Waals surface area contributed by atoms with Crippen molar-refractivity contribution in [2.24, 2.45) is 0 Å². The van der Waals surface area contributed by atoms with Gasteiger partial charge in [-0.05, 0) is 74.9 Å². The molecule has 1 saturated heterocycles. The van der Waals surface area contributed by atoms with E-state index in [0.717, 1.165) is 22.9 Å². The number of halogens is 1. The average molecular weight is 479 g/mol. The molecule has 0 unspecified atom stereocenters. The van der Waals surface area contributed by atoms with Gasteiger partial charge in [-0.3, -0.25) is 0 Å². The first-order chi connectivity index (χ1) is 15.0. The van der Waals surface area contributed by atoms with Gasteiger partial charge in [-0.15, -0.1) is 0 Å². The smallest absolute Gasteiger partial charge is 0.192 e. The van der Waals surface area contributed by atoms with Crippen LogP contribution in [0, 0.1) is 6.92 Å². The lowest BCUT2D eigenvalue weighted by molar-refractivity contribution is 0.105. The Balaban J connectivity index is 1.45. The van der Waals surface area contributed by atoms with Crippen LogP contribution in [0.4, 0.5) is 5.69 Å². The average Bonchev–Trinajstić information content (AvgIpc) is 2.69. The van der Waals surface area contributed by atoms with Crippen LogP contribution in [0.15, 0.2) is 12.1 Å². The molecule has 3 aliphatic rings. The van der Waals surface area contributed by atoms with Crippen LogP contribution in [-0.2, 0) is 4.43 Å². The third-order valence-corrected chi connectivity index (χ3v) is 13.4. The number of nitrogens with one attached hydrogen (secondary N) is 1. The molecule has 1 aliphatic heterocycles. The molecule has 1 N–H and O–H groups in total. The SMILES string of the molecule is Cc1cc(N2CC3(CCC3)N[C@H]3CCCC[C@@H]32)cc(Cl)c1OCCO[Si](C)(C)C(C)(C)C. The maximum absolute atomic E-state index is 6.79. The van der Waals surface area contributed by atoms with Crippen molar-refractivity contribution in [3.05, 3.63) is 22.7 Å². The maximum atomic E-state index is 6.79. The van der Waals surface area contributed by atoms with E-state index < -0.39 is 8.32 Å². The van der Waals surface area contributed by atoms with Crippen LogP contribution >= 0.6 is 11.6 Å². The zero-order valence-corrected chi connectivity index (χ0v) is 22.8. The molecule has 2 saturated carbocycles. The van der Waals surface area contributed by atoms with E-state index in [1.165, 1.54) is 50.6 Å². The van der Waals surface area contributed by atoms with Gasteiger partial charge in [0, 0.05) is 29.9 Å². The van der Waals surface area contributed by atoms with Gasteiger partial charge in [-0.25, -0.2) is 0 Å². The fraction of sp³-hybridized carbons (Fsp3) is 0.769. The second-order valence-electron chi connectivity index (χ2n) is 11.9. The number of piperazine rings is 1. The van der Waals surface area contributed by atoms with Crippen molar-refractivity contribution in [2.75, 3.05) is 24.7 Å². The van der Waals surface area contributed by atoms with Gasteiger partial charge in [0.05, 0.1) is 11.6 Å². The first kappa shape index (κ1) is 24.4. The molecule has 0 aromatic heterocycles. The molecule has 1 aromatic rings. The Morgan fingerprint density at radius 1 is 1.12 bits per heavy atom. The van der Waals surface area contributed by atoms with Crippen LogP contribution in [0.5, 0.6) is 5.75 Å². The van der Waals surface area contributed by atoms with E-state index in [1.807, 2.05) is 0 Å². The lowest BCUT2D eigenvalue weighted by atomic mass is 9.71. The number of fused-ring (bicyclic) bond motifs is 1. The summed E-state index contributed by atoms with van der Waals surface area (Å²) in [7, 11) is -1.76. The summed E-state index contributed by atoms with van der Waals surface area (Å²) in [4.78, 5) is 2.67. The summed E-state index contributed by atoms with van der Waals surface area (Å²) in [6, 6.07) is 5.62. The summed E-state index contributed by atoms with van der Waals surface area (Å²) in [6.45, 7) is 15.7. The Bertz CT molecular complexity index is 796. The topological polar surface area (TPSA) is 33.7 Å². The molecule has 4 nitrogen and oxygen atoms in total. The number of rotatable bonds is 6. The molecule has 1 heterocycles. The number of hydrogen-bond acceptors (Lipinski definition) is 4. The minimum Gasteiger partial charge on any atom is -0.489 e. The Hall–Kier alpha value is -0.753. The van der Waals surface area contributed by atoms with Gasteiger partial charge in [0.25, 0.3) is 0 Å². The minimum atomic E-state index is -1.76. The summed E-state index contributed by atoms with van der Waals surface area (Å²) in [5.41, 5.74) is 2.70. The predicted molar refractivity (Wildman–Crippen MR) is 138 cm³/mol. The summed E-state index contributed by atoms with van der Waals surface area (Å²) in [6.07, 6.45) is 9.19. The van der Waals surface area contributed by atoms with Crippen molar-refractivity contribution in [1.29, 1.82) is 0 Å². The molecular weight excluding hydrogens is 436 g/mol. The fourth-order valence-corrected chi connectivity index (χ4v) is 6.78. The largest absolute Gasteiger partial charge is 0.489 e. The monoisotopic (exact) mass is 478 g/mol. The van der Waals surface area contributed by atoms with Gasteiger partial charge in [0.2, 0.25) is 0 Å². The van der Waals surface area contributed by atoms with Crippen molar-refractivity contribution in [3.63, 3.8) is 0 Å². The molecule has 0 amide bonds. The summed E-state index contributed by atoms with van der Waals surface area (Å²) in [5.74, 6) is 0.808. The first-order valence-electron chi connectivity index (χ1n) is 12.6. The molecule has 1 spiro atoms. The van der Waals surface area contributed by atoms with E-state index in [0.29, 0.717) is 30.8 Å². The molecule has 2 aliphatic carbocycles. The van der Waals surface area contributed by atoms with Crippen molar-refractivity contribution in [3.8, 4) is 5.75 Å². The molecule has 3 fully saturated rings. The van der Waals surface area contributed by atoms with Crippen LogP contribution in [0.3, 0.4) is 0 Å². The number of aryl methyl sites for hydroxylation is 1. The standard InChI is InChI=1S/C26H43ClN2O2Si/c1-19-16-20(17-21(27)24(19)30-14-15-31-32(5,6)25(2,3)4)29-18-26(12-9-13-26)28-22-10-7-8-11-23(22)29/h16-17,22-23,28H,7-15,18H2,1-6H3/t22-,23-/m0/s1. The molecule has 1 aromatic carbocycles. The van der Waals surface area contributed by atoms with Gasteiger partial charge in [0.15, 0.2) is 8.32 Å². The van der Waals surface area contributed by atoms with Gasteiger partial charge < -0.3 is 19.4 Å². The molecule has 180 valence electrons. The maximum Gasteiger partial charge on any atom is 0.192 e. The lowest BCUT2D eigenvalue weighted by Gasteiger charge is -2.58. The van der Waals surface area contributed by atoms with E-state index in [-0.39, 0.29) is 5.04 Å². The molecule has 0 bridgehead atoms. The van der Waals surface area contributed by atoms with Gasteiger partial charge in [-0.1, -0.05) is 45.2 Å². The number of nitrogens with zero attached hydrogens (tertiary/aromatic N) is 1. The molecule has 6 heteroatoms. The summed E-state index contributed by atoms with van der Waals surface area (Å²) >= 11 is 6.79. The normalized spacial score (nSPS) is 25.4. The number of hydrogen-bond donors (Lipinski definition) is 1. The number of anilines is 1. The Morgan fingerprint density at radius 2 is 1.84 bits per heavy atom.